The minimum Gasteiger partial charge on any atom is -0.483 e. The molecule has 0 radical (unpaired) electrons. The van der Waals surface area contributed by atoms with Crippen molar-refractivity contribution in [3.05, 3.63) is 60.8 Å². The van der Waals surface area contributed by atoms with Gasteiger partial charge >= 0.3 is 0 Å². The Bertz CT molecular complexity index is 973. The van der Waals surface area contributed by atoms with Crippen LogP contribution in [0, 0.1) is 6.92 Å². The lowest BCUT2D eigenvalue weighted by Gasteiger charge is -2.05. The minimum absolute atomic E-state index is 0.250. The number of nitrogens with zero attached hydrogens (tertiary/aromatic N) is 4. The molecule has 4 rings (SSSR count). The Kier molecular flexibility index (Phi) is 3.97. The Balaban J connectivity index is 0.000000485. The van der Waals surface area contributed by atoms with Crippen LogP contribution in [0.2, 0.25) is 0 Å². The number of benzene rings is 1. The van der Waals surface area contributed by atoms with Gasteiger partial charge < -0.3 is 5.11 Å². The first-order chi connectivity index (χ1) is 11.3. The number of carbonyl (C=O) groups is 1. The van der Waals surface area contributed by atoms with Crippen molar-refractivity contribution in [1.82, 2.24) is 19.6 Å². The molecule has 6 nitrogen and oxygen atoms in total. The molecule has 0 aliphatic rings. The van der Waals surface area contributed by atoms with Crippen molar-refractivity contribution in [2.75, 3.05) is 0 Å². The van der Waals surface area contributed by atoms with Crippen molar-refractivity contribution in [1.29, 1.82) is 0 Å². The molecule has 0 saturated carbocycles. The Morgan fingerprint density at radius 2 is 2.00 bits per heavy atom. The molecule has 0 fully saturated rings. The van der Waals surface area contributed by atoms with E-state index in [1.807, 2.05) is 48.2 Å². The van der Waals surface area contributed by atoms with Gasteiger partial charge in [-0.25, -0.2) is 9.50 Å². The molecule has 3 heterocycles. The summed E-state index contributed by atoms with van der Waals surface area (Å²) in [4.78, 5) is 17.0. The average Bonchev–Trinajstić information content (AvgIpc) is 2.91. The van der Waals surface area contributed by atoms with E-state index in [2.05, 4.69) is 27.2 Å². The number of aromatic nitrogens is 4. The fourth-order valence-electron chi connectivity index (χ4n) is 2.65. The third kappa shape index (κ3) is 2.62. The van der Waals surface area contributed by atoms with E-state index in [-0.39, 0.29) is 6.47 Å². The first-order valence-corrected chi connectivity index (χ1v) is 6.97. The Morgan fingerprint density at radius 3 is 2.83 bits per heavy atom. The van der Waals surface area contributed by atoms with Crippen molar-refractivity contribution in [2.45, 2.75) is 6.92 Å². The summed E-state index contributed by atoms with van der Waals surface area (Å²) in [5, 5.41) is 13.7. The fourth-order valence-corrected chi connectivity index (χ4v) is 2.65. The summed E-state index contributed by atoms with van der Waals surface area (Å²) in [6, 6.07) is 10.2. The highest BCUT2D eigenvalue weighted by Gasteiger charge is 2.14. The van der Waals surface area contributed by atoms with Gasteiger partial charge in [-0.05, 0) is 30.0 Å². The third-order valence-electron chi connectivity index (χ3n) is 3.52. The second-order valence-electron chi connectivity index (χ2n) is 4.86. The summed E-state index contributed by atoms with van der Waals surface area (Å²) in [7, 11) is 0. The van der Waals surface area contributed by atoms with Crippen molar-refractivity contribution in [3.63, 3.8) is 0 Å². The van der Waals surface area contributed by atoms with Gasteiger partial charge in [-0.3, -0.25) is 9.78 Å². The number of carboxylic acid groups (broad SMARTS) is 1. The van der Waals surface area contributed by atoms with Gasteiger partial charge in [0.15, 0.2) is 5.65 Å². The van der Waals surface area contributed by atoms with Gasteiger partial charge in [-0.15, -0.1) is 0 Å². The molecular weight excluding hydrogens is 292 g/mol. The molecule has 0 amide bonds. The van der Waals surface area contributed by atoms with Gasteiger partial charge in [0.05, 0.1) is 11.3 Å². The van der Waals surface area contributed by atoms with Gasteiger partial charge in [0.25, 0.3) is 6.47 Å². The van der Waals surface area contributed by atoms with Crippen LogP contribution in [-0.2, 0) is 4.79 Å². The maximum atomic E-state index is 8.36. The second-order valence-corrected chi connectivity index (χ2v) is 4.86. The summed E-state index contributed by atoms with van der Waals surface area (Å²) < 4.78 is 1.82. The summed E-state index contributed by atoms with van der Waals surface area (Å²) in [6.07, 6.45) is 7.42. The van der Waals surface area contributed by atoms with E-state index in [1.165, 1.54) is 5.39 Å². The molecule has 23 heavy (non-hydrogen) atoms. The van der Waals surface area contributed by atoms with E-state index < -0.39 is 0 Å². The van der Waals surface area contributed by atoms with Gasteiger partial charge in [-0.2, -0.15) is 5.10 Å². The molecule has 6 heteroatoms. The smallest absolute Gasteiger partial charge is 0.290 e. The van der Waals surface area contributed by atoms with Crippen LogP contribution in [-0.4, -0.2) is 31.2 Å². The Labute approximate surface area is 132 Å². The van der Waals surface area contributed by atoms with E-state index in [9.17, 15) is 0 Å². The lowest BCUT2D eigenvalue weighted by Crippen LogP contribution is -1.88. The molecule has 0 spiro atoms. The van der Waals surface area contributed by atoms with Crippen LogP contribution in [0.3, 0.4) is 0 Å². The monoisotopic (exact) mass is 306 g/mol. The van der Waals surface area contributed by atoms with Crippen LogP contribution in [0.25, 0.3) is 27.5 Å². The van der Waals surface area contributed by atoms with Crippen molar-refractivity contribution in [2.24, 2.45) is 0 Å². The topological polar surface area (TPSA) is 80.4 Å². The molecule has 0 unspecified atom stereocenters. The van der Waals surface area contributed by atoms with E-state index >= 15 is 0 Å². The van der Waals surface area contributed by atoms with Crippen molar-refractivity contribution in [3.8, 4) is 11.1 Å². The molecule has 1 N–H and O–H groups in total. The van der Waals surface area contributed by atoms with E-state index in [0.717, 1.165) is 27.9 Å². The summed E-state index contributed by atoms with van der Waals surface area (Å²) in [5.41, 5.74) is 4.10. The number of pyridine rings is 1. The maximum absolute atomic E-state index is 8.36. The van der Waals surface area contributed by atoms with E-state index in [0.29, 0.717) is 0 Å². The maximum Gasteiger partial charge on any atom is 0.290 e. The highest BCUT2D eigenvalue weighted by molar-refractivity contribution is 5.99. The molecule has 114 valence electrons. The zero-order chi connectivity index (χ0) is 16.2. The SMILES string of the molecule is Cc1nn2cccnc2c1-c1cccc2cnccc12.O=CO. The average molecular weight is 306 g/mol. The van der Waals surface area contributed by atoms with E-state index in [4.69, 9.17) is 9.90 Å². The Morgan fingerprint density at radius 1 is 1.17 bits per heavy atom. The van der Waals surface area contributed by atoms with Crippen LogP contribution in [0.5, 0.6) is 0 Å². The first kappa shape index (κ1) is 14.6. The lowest BCUT2D eigenvalue weighted by atomic mass is 10.00. The molecule has 0 aliphatic heterocycles. The predicted molar refractivity (Wildman–Crippen MR) is 87.2 cm³/mol. The van der Waals surface area contributed by atoms with Gasteiger partial charge in [0, 0.05) is 30.2 Å². The third-order valence-corrected chi connectivity index (χ3v) is 3.52. The Hall–Kier alpha value is -3.28. The number of rotatable bonds is 1. The second kappa shape index (κ2) is 6.23. The first-order valence-electron chi connectivity index (χ1n) is 6.97. The summed E-state index contributed by atoms with van der Waals surface area (Å²) in [6.45, 7) is 1.77. The minimum atomic E-state index is -0.250. The number of fused-ring (bicyclic) bond motifs is 2. The lowest BCUT2D eigenvalue weighted by molar-refractivity contribution is -0.122. The summed E-state index contributed by atoms with van der Waals surface area (Å²) >= 11 is 0. The van der Waals surface area contributed by atoms with Gasteiger partial charge in [0.1, 0.15) is 0 Å². The summed E-state index contributed by atoms with van der Waals surface area (Å²) in [5.74, 6) is 0. The van der Waals surface area contributed by atoms with Gasteiger partial charge in [0.2, 0.25) is 0 Å². The molecule has 0 aliphatic carbocycles. The highest BCUT2D eigenvalue weighted by atomic mass is 16.3. The molecule has 3 aromatic heterocycles. The fraction of sp³-hybridized carbons (Fsp3) is 0.0588. The molecule has 4 aromatic rings. The van der Waals surface area contributed by atoms with Gasteiger partial charge in [-0.1, -0.05) is 18.2 Å². The van der Waals surface area contributed by atoms with Crippen LogP contribution in [0.4, 0.5) is 0 Å². The predicted octanol–water partition coefficient (Wildman–Crippen LogP) is 2.95. The normalized spacial score (nSPS) is 10.3. The zero-order valence-corrected chi connectivity index (χ0v) is 12.4. The largest absolute Gasteiger partial charge is 0.483 e. The molecular formula is C17H14N4O2. The zero-order valence-electron chi connectivity index (χ0n) is 12.4. The number of aryl methyl sites for hydroxylation is 1. The number of hydrogen-bond acceptors (Lipinski definition) is 4. The van der Waals surface area contributed by atoms with E-state index in [1.54, 1.807) is 6.20 Å². The van der Waals surface area contributed by atoms with Crippen LogP contribution >= 0.6 is 0 Å². The molecule has 0 atom stereocenters. The quantitative estimate of drug-likeness (QED) is 0.547. The van der Waals surface area contributed by atoms with Crippen LogP contribution in [0.15, 0.2) is 55.1 Å². The standard InChI is InChI=1S/C16H12N4.CH2O2/c1-11-15(16-18-7-3-9-20(16)19-11)14-5-2-4-12-10-17-8-6-13(12)14;2-1-3/h2-10H,1H3;1H,(H,2,3). The van der Waals surface area contributed by atoms with Crippen LogP contribution in [0.1, 0.15) is 5.69 Å². The van der Waals surface area contributed by atoms with Crippen LogP contribution < -0.4 is 0 Å². The highest BCUT2D eigenvalue weighted by Crippen LogP contribution is 2.32. The molecule has 1 aromatic carbocycles. The van der Waals surface area contributed by atoms with Crippen molar-refractivity contribution < 1.29 is 9.90 Å². The molecule has 0 saturated heterocycles. The number of hydrogen-bond donors (Lipinski definition) is 1. The molecule has 0 bridgehead atoms. The van der Waals surface area contributed by atoms with Crippen molar-refractivity contribution >= 4 is 22.9 Å².